The average molecular weight is 180 g/mol. The van der Waals surface area contributed by atoms with E-state index in [1.54, 1.807) is 0 Å². The molecule has 0 unspecified atom stereocenters. The molecular weight excluding hydrogens is 160 g/mol. The predicted molar refractivity (Wildman–Crippen MR) is 57.7 cm³/mol. The van der Waals surface area contributed by atoms with Gasteiger partial charge in [-0.15, -0.1) is 0 Å². The van der Waals surface area contributed by atoms with Crippen LogP contribution in [0.1, 0.15) is 46.5 Å². The normalized spacial score (nSPS) is 13.2. The lowest BCUT2D eigenvalue weighted by atomic mass is 10.1. The monoisotopic (exact) mass is 180 g/mol. The number of unbranched alkanes of at least 4 members (excludes halogenated alkanes) is 1. The van der Waals surface area contributed by atoms with Crippen LogP contribution in [0.5, 0.6) is 0 Å². The van der Waals surface area contributed by atoms with Crippen molar-refractivity contribution in [3.05, 3.63) is 23.3 Å². The number of hydrogen-bond acceptors (Lipinski definition) is 1. The summed E-state index contributed by atoms with van der Waals surface area (Å²) in [5, 5.41) is 0. The summed E-state index contributed by atoms with van der Waals surface area (Å²) in [6, 6.07) is 0. The van der Waals surface area contributed by atoms with Crippen LogP contribution in [-0.4, -0.2) is 6.29 Å². The molecule has 0 aliphatic heterocycles. The number of carbonyl (C=O) groups excluding carboxylic acids is 1. The lowest BCUT2D eigenvalue weighted by Crippen LogP contribution is -1.84. The van der Waals surface area contributed by atoms with Gasteiger partial charge >= 0.3 is 0 Å². The Morgan fingerprint density at radius 2 is 1.69 bits per heavy atom. The van der Waals surface area contributed by atoms with Crippen LogP contribution in [0.25, 0.3) is 0 Å². The first-order valence-electron chi connectivity index (χ1n) is 5.13. The Kier molecular flexibility index (Phi) is 7.27. The Hall–Kier alpha value is -0.850. The van der Waals surface area contributed by atoms with Gasteiger partial charge < -0.3 is 0 Å². The average Bonchev–Trinajstić information content (AvgIpc) is 2.19. The molecule has 0 saturated carbocycles. The second-order valence-electron chi connectivity index (χ2n) is 3.11. The molecule has 0 atom stereocenters. The van der Waals surface area contributed by atoms with Gasteiger partial charge in [-0.3, -0.25) is 4.79 Å². The number of aldehydes is 1. The summed E-state index contributed by atoms with van der Waals surface area (Å²) in [5.41, 5.74) is 2.18. The highest BCUT2D eigenvalue weighted by Crippen LogP contribution is 2.09. The highest BCUT2D eigenvalue weighted by Gasteiger charge is 1.93. The maximum atomic E-state index is 10.6. The van der Waals surface area contributed by atoms with E-state index in [0.29, 0.717) is 0 Å². The molecule has 0 amide bonds. The van der Waals surface area contributed by atoms with E-state index >= 15 is 0 Å². The summed E-state index contributed by atoms with van der Waals surface area (Å²) in [6.45, 7) is 6.29. The lowest BCUT2D eigenvalue weighted by Gasteiger charge is -1.99. The van der Waals surface area contributed by atoms with E-state index in [1.165, 1.54) is 12.0 Å². The van der Waals surface area contributed by atoms with E-state index in [2.05, 4.69) is 19.9 Å². The Labute approximate surface area is 81.5 Å². The minimum Gasteiger partial charge on any atom is -0.298 e. The quantitative estimate of drug-likeness (QED) is 0.346. The van der Waals surface area contributed by atoms with E-state index in [9.17, 15) is 4.79 Å². The molecule has 0 aromatic heterocycles. The van der Waals surface area contributed by atoms with Crippen LogP contribution in [0.4, 0.5) is 0 Å². The molecule has 0 heterocycles. The summed E-state index contributed by atoms with van der Waals surface area (Å²) < 4.78 is 0. The first-order chi connectivity index (χ1) is 6.28. The molecule has 0 spiro atoms. The van der Waals surface area contributed by atoms with Crippen LogP contribution in [0, 0.1) is 0 Å². The number of rotatable bonds is 6. The minimum absolute atomic E-state index is 0.826. The second-order valence-corrected chi connectivity index (χ2v) is 3.11. The zero-order valence-corrected chi connectivity index (χ0v) is 8.97. The molecule has 74 valence electrons. The van der Waals surface area contributed by atoms with Gasteiger partial charge in [-0.25, -0.2) is 0 Å². The predicted octanol–water partition coefficient (Wildman–Crippen LogP) is 3.66. The Bertz CT molecular complexity index is 199. The standard InChI is InChI=1S/C12H20O/c1-4-7-8-11(5-2)9-12(6-3)10-13/h8-10H,4-7H2,1-3H3/b11-8+,12-9-. The molecule has 0 aliphatic carbocycles. The van der Waals surface area contributed by atoms with Crippen molar-refractivity contribution in [3.8, 4) is 0 Å². The number of carbonyl (C=O) groups is 1. The molecule has 1 nitrogen and oxygen atoms in total. The van der Waals surface area contributed by atoms with Crippen LogP contribution >= 0.6 is 0 Å². The maximum Gasteiger partial charge on any atom is 0.146 e. The van der Waals surface area contributed by atoms with Gasteiger partial charge in [0.05, 0.1) is 0 Å². The highest BCUT2D eigenvalue weighted by molar-refractivity contribution is 5.74. The molecule has 13 heavy (non-hydrogen) atoms. The number of hydrogen-bond donors (Lipinski definition) is 0. The van der Waals surface area contributed by atoms with Gasteiger partial charge in [0.2, 0.25) is 0 Å². The first kappa shape index (κ1) is 12.2. The van der Waals surface area contributed by atoms with Crippen molar-refractivity contribution in [2.45, 2.75) is 46.5 Å². The van der Waals surface area contributed by atoms with Gasteiger partial charge in [0.25, 0.3) is 0 Å². The fourth-order valence-electron chi connectivity index (χ4n) is 1.09. The summed E-state index contributed by atoms with van der Waals surface area (Å²) in [6.07, 6.45) is 9.30. The third-order valence-electron chi connectivity index (χ3n) is 2.03. The molecule has 0 saturated heterocycles. The van der Waals surface area contributed by atoms with E-state index < -0.39 is 0 Å². The van der Waals surface area contributed by atoms with E-state index in [1.807, 2.05) is 13.0 Å². The second kappa shape index (κ2) is 7.78. The Morgan fingerprint density at radius 3 is 2.08 bits per heavy atom. The Balaban J connectivity index is 4.39. The third-order valence-corrected chi connectivity index (χ3v) is 2.03. The SMILES string of the molecule is CCC/C=C(/C=C(\C=O)CC)CC. The van der Waals surface area contributed by atoms with E-state index in [-0.39, 0.29) is 0 Å². The van der Waals surface area contributed by atoms with Crippen molar-refractivity contribution in [2.24, 2.45) is 0 Å². The van der Waals surface area contributed by atoms with Crippen molar-refractivity contribution in [1.29, 1.82) is 0 Å². The van der Waals surface area contributed by atoms with Crippen molar-refractivity contribution < 1.29 is 4.79 Å². The smallest absolute Gasteiger partial charge is 0.146 e. The largest absolute Gasteiger partial charge is 0.298 e. The summed E-state index contributed by atoms with van der Waals surface area (Å²) in [5.74, 6) is 0. The zero-order chi connectivity index (χ0) is 10.1. The van der Waals surface area contributed by atoms with Crippen molar-refractivity contribution in [2.75, 3.05) is 0 Å². The van der Waals surface area contributed by atoms with Gasteiger partial charge in [0, 0.05) is 0 Å². The Morgan fingerprint density at radius 1 is 1.08 bits per heavy atom. The van der Waals surface area contributed by atoms with Crippen LogP contribution in [-0.2, 0) is 4.79 Å². The third kappa shape index (κ3) is 5.40. The molecule has 0 radical (unpaired) electrons. The number of allylic oxidation sites excluding steroid dienone is 4. The van der Waals surface area contributed by atoms with E-state index in [4.69, 9.17) is 0 Å². The topological polar surface area (TPSA) is 17.1 Å². The molecule has 0 fully saturated rings. The maximum absolute atomic E-state index is 10.6. The van der Waals surface area contributed by atoms with Gasteiger partial charge in [0.15, 0.2) is 0 Å². The van der Waals surface area contributed by atoms with Gasteiger partial charge in [-0.2, -0.15) is 0 Å². The van der Waals surface area contributed by atoms with Gasteiger partial charge in [-0.05, 0) is 24.8 Å². The molecule has 1 heteroatoms. The fourth-order valence-corrected chi connectivity index (χ4v) is 1.09. The molecule has 0 rings (SSSR count). The molecule has 0 aliphatic rings. The van der Waals surface area contributed by atoms with Crippen LogP contribution in [0.15, 0.2) is 23.3 Å². The zero-order valence-electron chi connectivity index (χ0n) is 8.97. The molecule has 0 bridgehead atoms. The molecule has 0 aromatic rings. The van der Waals surface area contributed by atoms with Crippen molar-refractivity contribution in [3.63, 3.8) is 0 Å². The summed E-state index contributed by atoms with van der Waals surface area (Å²) >= 11 is 0. The minimum atomic E-state index is 0.826. The lowest BCUT2D eigenvalue weighted by molar-refractivity contribution is -0.105. The highest BCUT2D eigenvalue weighted by atomic mass is 16.1. The van der Waals surface area contributed by atoms with Crippen LogP contribution in [0.2, 0.25) is 0 Å². The van der Waals surface area contributed by atoms with Crippen molar-refractivity contribution in [1.82, 2.24) is 0 Å². The van der Waals surface area contributed by atoms with E-state index in [0.717, 1.165) is 31.1 Å². The molecule has 0 aromatic carbocycles. The molecule has 0 N–H and O–H groups in total. The van der Waals surface area contributed by atoms with Crippen LogP contribution < -0.4 is 0 Å². The van der Waals surface area contributed by atoms with Crippen molar-refractivity contribution >= 4 is 6.29 Å². The fraction of sp³-hybridized carbons (Fsp3) is 0.583. The van der Waals surface area contributed by atoms with Gasteiger partial charge in [-0.1, -0.05) is 44.9 Å². The van der Waals surface area contributed by atoms with Gasteiger partial charge in [0.1, 0.15) is 6.29 Å². The first-order valence-corrected chi connectivity index (χ1v) is 5.13. The summed E-state index contributed by atoms with van der Waals surface area (Å²) in [7, 11) is 0. The summed E-state index contributed by atoms with van der Waals surface area (Å²) in [4.78, 5) is 10.6. The molecular formula is C12H20O. The van der Waals surface area contributed by atoms with Crippen LogP contribution in [0.3, 0.4) is 0 Å².